The van der Waals surface area contributed by atoms with Crippen molar-refractivity contribution in [3.05, 3.63) is 23.5 Å². The van der Waals surface area contributed by atoms with Crippen molar-refractivity contribution in [2.24, 2.45) is 0 Å². The number of carbonyl (C=O) groups excluding carboxylic acids is 1. The highest BCUT2D eigenvalue weighted by Crippen LogP contribution is 2.20. The third-order valence-corrected chi connectivity index (χ3v) is 3.49. The van der Waals surface area contributed by atoms with Gasteiger partial charge in [-0.15, -0.1) is 0 Å². The van der Waals surface area contributed by atoms with Crippen molar-refractivity contribution in [1.82, 2.24) is 9.88 Å². The molecule has 1 aromatic rings. The maximum Gasteiger partial charge on any atom is 0.238 e. The molecule has 104 valence electrons. The molecule has 1 aromatic heterocycles. The lowest BCUT2D eigenvalue weighted by atomic mass is 10.0. The van der Waals surface area contributed by atoms with Crippen LogP contribution in [-0.2, 0) is 9.53 Å². The standard InChI is InChI=1S/C13H18ClN3O2/c1-13(2)9-19-7-6-17(13)8-11(18)16-10-4-3-5-15-12(10)14/h3-5H,6-9H2,1-2H3,(H,16,18). The van der Waals surface area contributed by atoms with Crippen molar-refractivity contribution in [3.63, 3.8) is 0 Å². The Morgan fingerprint density at radius 3 is 3.11 bits per heavy atom. The highest BCUT2D eigenvalue weighted by atomic mass is 35.5. The van der Waals surface area contributed by atoms with Crippen LogP contribution in [0.1, 0.15) is 13.8 Å². The van der Waals surface area contributed by atoms with Crippen LogP contribution in [0.5, 0.6) is 0 Å². The zero-order chi connectivity index (χ0) is 13.9. The van der Waals surface area contributed by atoms with Gasteiger partial charge in [0.1, 0.15) is 0 Å². The van der Waals surface area contributed by atoms with Crippen LogP contribution in [0.2, 0.25) is 5.15 Å². The molecule has 0 spiro atoms. The Labute approximate surface area is 117 Å². The van der Waals surface area contributed by atoms with Crippen molar-refractivity contribution in [3.8, 4) is 0 Å². The van der Waals surface area contributed by atoms with Crippen LogP contribution >= 0.6 is 11.6 Å². The topological polar surface area (TPSA) is 54.5 Å². The molecular weight excluding hydrogens is 266 g/mol. The predicted molar refractivity (Wildman–Crippen MR) is 74.3 cm³/mol. The molecule has 1 saturated heterocycles. The van der Waals surface area contributed by atoms with E-state index in [4.69, 9.17) is 16.3 Å². The summed E-state index contributed by atoms with van der Waals surface area (Å²) in [6, 6.07) is 3.47. The van der Waals surface area contributed by atoms with Crippen molar-refractivity contribution < 1.29 is 9.53 Å². The number of hydrogen-bond acceptors (Lipinski definition) is 4. The summed E-state index contributed by atoms with van der Waals surface area (Å²) in [5.41, 5.74) is 0.411. The summed E-state index contributed by atoms with van der Waals surface area (Å²) >= 11 is 5.91. The van der Waals surface area contributed by atoms with Gasteiger partial charge in [0.15, 0.2) is 5.15 Å². The number of nitrogens with zero attached hydrogens (tertiary/aromatic N) is 2. The third-order valence-electron chi connectivity index (χ3n) is 3.18. The summed E-state index contributed by atoms with van der Waals surface area (Å²) in [4.78, 5) is 18.1. The van der Waals surface area contributed by atoms with Crippen molar-refractivity contribution in [2.75, 3.05) is 31.6 Å². The first-order chi connectivity index (χ1) is 8.99. The van der Waals surface area contributed by atoms with Gasteiger partial charge in [-0.3, -0.25) is 9.69 Å². The fraction of sp³-hybridized carbons (Fsp3) is 0.538. The van der Waals surface area contributed by atoms with Crippen molar-refractivity contribution in [1.29, 1.82) is 0 Å². The maximum absolute atomic E-state index is 12.0. The van der Waals surface area contributed by atoms with Gasteiger partial charge in [-0.2, -0.15) is 0 Å². The Morgan fingerprint density at radius 2 is 2.42 bits per heavy atom. The van der Waals surface area contributed by atoms with E-state index in [0.29, 0.717) is 30.6 Å². The van der Waals surface area contributed by atoms with E-state index in [9.17, 15) is 4.79 Å². The fourth-order valence-corrected chi connectivity index (χ4v) is 2.19. The van der Waals surface area contributed by atoms with Gasteiger partial charge in [0.05, 0.1) is 25.4 Å². The summed E-state index contributed by atoms with van der Waals surface area (Å²) in [5, 5.41) is 3.08. The van der Waals surface area contributed by atoms with Crippen LogP contribution < -0.4 is 5.32 Å². The number of amides is 1. The van der Waals surface area contributed by atoms with Crippen LogP contribution in [0, 0.1) is 0 Å². The molecule has 1 aliphatic heterocycles. The van der Waals surface area contributed by atoms with Crippen molar-refractivity contribution in [2.45, 2.75) is 19.4 Å². The Bertz CT molecular complexity index is 465. The molecule has 2 rings (SSSR count). The average molecular weight is 284 g/mol. The minimum absolute atomic E-state index is 0.0927. The number of anilines is 1. The first kappa shape index (κ1) is 14.2. The molecule has 1 aliphatic rings. The largest absolute Gasteiger partial charge is 0.378 e. The Morgan fingerprint density at radius 1 is 1.63 bits per heavy atom. The summed E-state index contributed by atoms with van der Waals surface area (Å²) in [7, 11) is 0. The minimum Gasteiger partial charge on any atom is -0.378 e. The Hall–Kier alpha value is -1.17. The molecule has 0 saturated carbocycles. The second-order valence-corrected chi connectivity index (χ2v) is 5.53. The fourth-order valence-electron chi connectivity index (χ4n) is 2.03. The van der Waals surface area contributed by atoms with E-state index >= 15 is 0 Å². The molecule has 0 bridgehead atoms. The van der Waals surface area contributed by atoms with Gasteiger partial charge in [0.2, 0.25) is 5.91 Å². The zero-order valence-electron chi connectivity index (χ0n) is 11.1. The van der Waals surface area contributed by atoms with E-state index in [1.54, 1.807) is 18.3 Å². The van der Waals surface area contributed by atoms with E-state index in [1.807, 2.05) is 0 Å². The molecule has 0 atom stereocenters. The first-order valence-corrected chi connectivity index (χ1v) is 6.60. The summed E-state index contributed by atoms with van der Waals surface area (Å²) < 4.78 is 5.43. The minimum atomic E-state index is -0.131. The second kappa shape index (κ2) is 5.86. The van der Waals surface area contributed by atoms with E-state index in [1.165, 1.54) is 0 Å². The monoisotopic (exact) mass is 283 g/mol. The predicted octanol–water partition coefficient (Wildman–Crippen LogP) is 1.78. The number of ether oxygens (including phenoxy) is 1. The van der Waals surface area contributed by atoms with E-state index in [2.05, 4.69) is 29.0 Å². The van der Waals surface area contributed by atoms with Gasteiger partial charge in [-0.1, -0.05) is 11.6 Å². The number of halogens is 1. The van der Waals surface area contributed by atoms with Gasteiger partial charge in [0.25, 0.3) is 0 Å². The molecule has 0 unspecified atom stereocenters. The van der Waals surface area contributed by atoms with Crippen LogP contribution in [0.25, 0.3) is 0 Å². The maximum atomic E-state index is 12.0. The molecule has 19 heavy (non-hydrogen) atoms. The highest BCUT2D eigenvalue weighted by molar-refractivity contribution is 6.32. The zero-order valence-corrected chi connectivity index (χ0v) is 11.9. The number of rotatable bonds is 3. The second-order valence-electron chi connectivity index (χ2n) is 5.18. The van der Waals surface area contributed by atoms with Crippen molar-refractivity contribution >= 4 is 23.2 Å². The molecule has 0 aliphatic carbocycles. The summed E-state index contributed by atoms with van der Waals surface area (Å²) in [5.74, 6) is -0.0927. The lowest BCUT2D eigenvalue weighted by Gasteiger charge is -2.41. The third kappa shape index (κ3) is 3.65. The molecule has 1 fully saturated rings. The van der Waals surface area contributed by atoms with Gasteiger partial charge in [-0.25, -0.2) is 4.98 Å². The van der Waals surface area contributed by atoms with E-state index in [0.717, 1.165) is 6.54 Å². The number of aromatic nitrogens is 1. The molecular formula is C13H18ClN3O2. The quantitative estimate of drug-likeness (QED) is 0.859. The highest BCUT2D eigenvalue weighted by Gasteiger charge is 2.31. The molecule has 0 aromatic carbocycles. The van der Waals surface area contributed by atoms with Crippen LogP contribution in [0.4, 0.5) is 5.69 Å². The number of hydrogen-bond donors (Lipinski definition) is 1. The van der Waals surface area contributed by atoms with Gasteiger partial charge >= 0.3 is 0 Å². The number of pyridine rings is 1. The molecule has 0 radical (unpaired) electrons. The van der Waals surface area contributed by atoms with E-state index < -0.39 is 0 Å². The summed E-state index contributed by atoms with van der Waals surface area (Å²) in [6.07, 6.45) is 1.59. The van der Waals surface area contributed by atoms with Crippen LogP contribution in [0.15, 0.2) is 18.3 Å². The first-order valence-electron chi connectivity index (χ1n) is 6.22. The smallest absolute Gasteiger partial charge is 0.238 e. The van der Waals surface area contributed by atoms with E-state index in [-0.39, 0.29) is 11.4 Å². The number of morpholine rings is 1. The number of carbonyl (C=O) groups is 1. The Kier molecular flexibility index (Phi) is 4.39. The molecule has 2 heterocycles. The molecule has 1 amide bonds. The van der Waals surface area contributed by atoms with Crippen LogP contribution in [-0.4, -0.2) is 47.6 Å². The normalized spacial score (nSPS) is 19.1. The SMILES string of the molecule is CC1(C)COCCN1CC(=O)Nc1cccnc1Cl. The molecule has 6 heteroatoms. The van der Waals surface area contributed by atoms with Crippen LogP contribution in [0.3, 0.4) is 0 Å². The lowest BCUT2D eigenvalue weighted by Crippen LogP contribution is -2.55. The summed E-state index contributed by atoms with van der Waals surface area (Å²) in [6.45, 7) is 6.49. The molecule has 5 nitrogen and oxygen atoms in total. The van der Waals surface area contributed by atoms with Gasteiger partial charge in [0, 0.05) is 18.3 Å². The average Bonchev–Trinajstić information content (AvgIpc) is 2.35. The lowest BCUT2D eigenvalue weighted by molar-refractivity contribution is -0.122. The Balaban J connectivity index is 1.96. The molecule has 1 N–H and O–H groups in total. The number of nitrogens with one attached hydrogen (secondary N) is 1. The van der Waals surface area contributed by atoms with Gasteiger partial charge in [-0.05, 0) is 26.0 Å². The van der Waals surface area contributed by atoms with Gasteiger partial charge < -0.3 is 10.1 Å².